The largest absolute Gasteiger partial charge is 0.399 e. The molecule has 0 aliphatic heterocycles. The van der Waals surface area contributed by atoms with Gasteiger partial charge in [0.15, 0.2) is 0 Å². The Bertz CT molecular complexity index is 326. The van der Waals surface area contributed by atoms with E-state index >= 15 is 0 Å². The lowest BCUT2D eigenvalue weighted by Gasteiger charge is -2.22. The molecule has 0 unspecified atom stereocenters. The summed E-state index contributed by atoms with van der Waals surface area (Å²) < 4.78 is 13.1. The summed E-state index contributed by atoms with van der Waals surface area (Å²) in [4.78, 5) is 0. The Kier molecular flexibility index (Phi) is 3.65. The molecule has 0 amide bonds. The minimum Gasteiger partial charge on any atom is -0.399 e. The van der Waals surface area contributed by atoms with Crippen LogP contribution in [-0.2, 0) is 0 Å². The van der Waals surface area contributed by atoms with Gasteiger partial charge in [-0.15, -0.1) is 0 Å². The second-order valence-electron chi connectivity index (χ2n) is 4.66. The van der Waals surface area contributed by atoms with E-state index < -0.39 is 0 Å². The molecule has 0 bridgehead atoms. The summed E-state index contributed by atoms with van der Waals surface area (Å²) in [6, 6.07) is 4.62. The molecule has 16 heavy (non-hydrogen) atoms. The molecule has 1 aromatic rings. The lowest BCUT2D eigenvalue weighted by molar-refractivity contribution is 0.373. The van der Waals surface area contributed by atoms with Crippen LogP contribution in [0.2, 0.25) is 0 Å². The topological polar surface area (TPSA) is 38.0 Å². The Morgan fingerprint density at radius 2 is 1.94 bits per heavy atom. The monoisotopic (exact) mass is 222 g/mol. The SMILES string of the molecule is Nc1cc(F)cc(NCC2CCCCC2)c1. The van der Waals surface area contributed by atoms with Crippen molar-refractivity contribution in [2.45, 2.75) is 32.1 Å². The van der Waals surface area contributed by atoms with Gasteiger partial charge < -0.3 is 11.1 Å². The molecule has 0 saturated heterocycles. The maximum atomic E-state index is 13.1. The van der Waals surface area contributed by atoms with Crippen LogP contribution in [0.3, 0.4) is 0 Å². The van der Waals surface area contributed by atoms with Gasteiger partial charge in [-0.3, -0.25) is 0 Å². The smallest absolute Gasteiger partial charge is 0.127 e. The van der Waals surface area contributed by atoms with Crippen molar-refractivity contribution in [1.29, 1.82) is 0 Å². The highest BCUT2D eigenvalue weighted by atomic mass is 19.1. The van der Waals surface area contributed by atoms with Gasteiger partial charge in [0, 0.05) is 17.9 Å². The zero-order valence-electron chi connectivity index (χ0n) is 9.51. The van der Waals surface area contributed by atoms with Crippen molar-refractivity contribution in [3.63, 3.8) is 0 Å². The summed E-state index contributed by atoms with van der Waals surface area (Å²) in [5, 5.41) is 3.28. The number of rotatable bonds is 3. The van der Waals surface area contributed by atoms with E-state index in [2.05, 4.69) is 5.32 Å². The first-order valence-electron chi connectivity index (χ1n) is 6.04. The molecule has 0 aromatic heterocycles. The Balaban J connectivity index is 1.88. The Hall–Kier alpha value is -1.25. The lowest BCUT2D eigenvalue weighted by Crippen LogP contribution is -2.17. The normalized spacial score (nSPS) is 17.3. The summed E-state index contributed by atoms with van der Waals surface area (Å²) in [6.45, 7) is 0.933. The molecule has 2 nitrogen and oxygen atoms in total. The summed E-state index contributed by atoms with van der Waals surface area (Å²) in [5.41, 5.74) is 6.86. The van der Waals surface area contributed by atoms with Crippen LogP contribution in [0.4, 0.5) is 15.8 Å². The van der Waals surface area contributed by atoms with E-state index in [9.17, 15) is 4.39 Å². The first-order valence-corrected chi connectivity index (χ1v) is 6.04. The molecule has 1 saturated carbocycles. The fraction of sp³-hybridized carbons (Fsp3) is 0.538. The van der Waals surface area contributed by atoms with E-state index in [4.69, 9.17) is 5.73 Å². The highest BCUT2D eigenvalue weighted by molar-refractivity contribution is 5.54. The molecule has 0 spiro atoms. The van der Waals surface area contributed by atoms with E-state index in [0.29, 0.717) is 5.69 Å². The van der Waals surface area contributed by atoms with Gasteiger partial charge in [0.25, 0.3) is 0 Å². The minimum atomic E-state index is -0.272. The van der Waals surface area contributed by atoms with Crippen LogP contribution in [0.1, 0.15) is 32.1 Å². The Labute approximate surface area is 96.0 Å². The zero-order valence-corrected chi connectivity index (χ0v) is 9.51. The molecule has 1 aliphatic rings. The second-order valence-corrected chi connectivity index (χ2v) is 4.66. The molecule has 0 atom stereocenters. The standard InChI is InChI=1S/C13H19FN2/c14-11-6-12(15)8-13(7-11)16-9-10-4-2-1-3-5-10/h6-8,10,16H,1-5,9,15H2. The maximum absolute atomic E-state index is 13.1. The van der Waals surface area contributed by atoms with Gasteiger partial charge in [-0.05, 0) is 37.0 Å². The maximum Gasteiger partial charge on any atom is 0.127 e. The molecular formula is C13H19FN2. The number of anilines is 2. The van der Waals surface area contributed by atoms with Crippen LogP contribution in [0.15, 0.2) is 18.2 Å². The fourth-order valence-corrected chi connectivity index (χ4v) is 2.37. The number of nitrogens with one attached hydrogen (secondary N) is 1. The molecule has 0 heterocycles. The van der Waals surface area contributed by atoms with E-state index in [0.717, 1.165) is 18.2 Å². The summed E-state index contributed by atoms with van der Waals surface area (Å²) in [5.74, 6) is 0.462. The molecule has 3 heteroatoms. The molecule has 1 aliphatic carbocycles. The number of nitrogens with two attached hydrogens (primary N) is 1. The average Bonchev–Trinajstić information content (AvgIpc) is 2.27. The Morgan fingerprint density at radius 3 is 2.62 bits per heavy atom. The minimum absolute atomic E-state index is 0.272. The summed E-state index contributed by atoms with van der Waals surface area (Å²) in [7, 11) is 0. The van der Waals surface area contributed by atoms with E-state index in [-0.39, 0.29) is 5.82 Å². The lowest BCUT2D eigenvalue weighted by atomic mass is 9.89. The predicted octanol–water partition coefficient (Wildman–Crippen LogP) is 3.40. The predicted molar refractivity (Wildman–Crippen MR) is 65.9 cm³/mol. The van der Waals surface area contributed by atoms with Crippen molar-refractivity contribution in [2.24, 2.45) is 5.92 Å². The fourth-order valence-electron chi connectivity index (χ4n) is 2.37. The molecular weight excluding hydrogens is 203 g/mol. The van der Waals surface area contributed by atoms with Crippen molar-refractivity contribution < 1.29 is 4.39 Å². The van der Waals surface area contributed by atoms with Gasteiger partial charge in [0.05, 0.1) is 0 Å². The van der Waals surface area contributed by atoms with E-state index in [1.165, 1.54) is 44.2 Å². The molecule has 2 rings (SSSR count). The zero-order chi connectivity index (χ0) is 11.4. The average molecular weight is 222 g/mol. The van der Waals surface area contributed by atoms with Gasteiger partial charge in [0.1, 0.15) is 5.82 Å². The van der Waals surface area contributed by atoms with Crippen LogP contribution >= 0.6 is 0 Å². The van der Waals surface area contributed by atoms with Crippen LogP contribution in [0.5, 0.6) is 0 Å². The van der Waals surface area contributed by atoms with Crippen molar-refractivity contribution in [3.05, 3.63) is 24.0 Å². The van der Waals surface area contributed by atoms with Gasteiger partial charge in [-0.2, -0.15) is 0 Å². The number of halogens is 1. The summed E-state index contributed by atoms with van der Waals surface area (Å²) >= 11 is 0. The highest BCUT2D eigenvalue weighted by Crippen LogP contribution is 2.24. The van der Waals surface area contributed by atoms with Crippen molar-refractivity contribution in [3.8, 4) is 0 Å². The molecule has 1 fully saturated rings. The molecule has 88 valence electrons. The van der Waals surface area contributed by atoms with Gasteiger partial charge >= 0.3 is 0 Å². The van der Waals surface area contributed by atoms with E-state index in [1.807, 2.05) is 0 Å². The summed E-state index contributed by atoms with van der Waals surface area (Å²) in [6.07, 6.45) is 6.61. The number of hydrogen-bond acceptors (Lipinski definition) is 2. The third-order valence-electron chi connectivity index (χ3n) is 3.24. The van der Waals surface area contributed by atoms with Gasteiger partial charge in [0.2, 0.25) is 0 Å². The molecule has 3 N–H and O–H groups in total. The molecule has 0 radical (unpaired) electrons. The second kappa shape index (κ2) is 5.19. The number of benzene rings is 1. The third kappa shape index (κ3) is 3.12. The van der Waals surface area contributed by atoms with Gasteiger partial charge in [-0.25, -0.2) is 4.39 Å². The molecule has 1 aromatic carbocycles. The first kappa shape index (κ1) is 11.2. The highest BCUT2D eigenvalue weighted by Gasteiger charge is 2.12. The van der Waals surface area contributed by atoms with Gasteiger partial charge in [-0.1, -0.05) is 19.3 Å². The van der Waals surface area contributed by atoms with Crippen LogP contribution in [0.25, 0.3) is 0 Å². The quantitative estimate of drug-likeness (QED) is 0.769. The van der Waals surface area contributed by atoms with Crippen molar-refractivity contribution >= 4 is 11.4 Å². The van der Waals surface area contributed by atoms with Crippen molar-refractivity contribution in [1.82, 2.24) is 0 Å². The third-order valence-corrected chi connectivity index (χ3v) is 3.24. The van der Waals surface area contributed by atoms with E-state index in [1.54, 1.807) is 6.07 Å². The van der Waals surface area contributed by atoms with Crippen LogP contribution in [-0.4, -0.2) is 6.54 Å². The first-order chi connectivity index (χ1) is 7.74. The van der Waals surface area contributed by atoms with Crippen LogP contribution < -0.4 is 11.1 Å². The van der Waals surface area contributed by atoms with Crippen molar-refractivity contribution in [2.75, 3.05) is 17.6 Å². The number of hydrogen-bond donors (Lipinski definition) is 2. The Morgan fingerprint density at radius 1 is 1.19 bits per heavy atom. The number of nitrogen functional groups attached to an aromatic ring is 1. The van der Waals surface area contributed by atoms with Crippen LogP contribution in [0, 0.1) is 11.7 Å².